The Morgan fingerprint density at radius 2 is 1.41 bits per heavy atom. The van der Waals surface area contributed by atoms with Crippen molar-refractivity contribution in [3.8, 4) is 11.5 Å². The minimum Gasteiger partial charge on any atom is -0.512 e. The van der Waals surface area contributed by atoms with Crippen molar-refractivity contribution >= 4 is 17.4 Å². The Balaban J connectivity index is 1.87. The molecule has 0 unspecified atom stereocenters. The molecule has 0 amide bonds. The Labute approximate surface area is 175 Å². The molecule has 3 aromatic carbocycles. The molecular weight excluding hydrogens is 388 g/mol. The van der Waals surface area contributed by atoms with E-state index in [4.69, 9.17) is 21.1 Å². The fourth-order valence-electron chi connectivity index (χ4n) is 2.70. The highest BCUT2D eigenvalue weighted by atomic mass is 35.5. The monoisotopic (exact) mass is 408 g/mol. The number of hydrogen-bond donors (Lipinski definition) is 1. The van der Waals surface area contributed by atoms with Gasteiger partial charge in [-0.3, -0.25) is 4.79 Å². The average Bonchev–Trinajstić information content (AvgIpc) is 2.72. The van der Waals surface area contributed by atoms with E-state index in [1.54, 1.807) is 6.07 Å². The maximum Gasteiger partial charge on any atom is 0.192 e. The second-order valence-electron chi connectivity index (χ2n) is 6.48. The average molecular weight is 409 g/mol. The summed E-state index contributed by atoms with van der Waals surface area (Å²) in [5, 5.41) is 9.75. The molecule has 4 nitrogen and oxygen atoms in total. The molecule has 0 saturated carbocycles. The van der Waals surface area contributed by atoms with Gasteiger partial charge in [-0.15, -0.1) is 0 Å². The predicted molar refractivity (Wildman–Crippen MR) is 114 cm³/mol. The highest BCUT2D eigenvalue weighted by Crippen LogP contribution is 2.34. The lowest BCUT2D eigenvalue weighted by Crippen LogP contribution is -2.05. The van der Waals surface area contributed by atoms with Crippen LogP contribution in [0.1, 0.15) is 28.4 Å². The molecular formula is C24H21ClO4. The number of benzene rings is 3. The maximum atomic E-state index is 12.5. The molecule has 0 radical (unpaired) electrons. The summed E-state index contributed by atoms with van der Waals surface area (Å²) in [5.41, 5.74) is 2.21. The lowest BCUT2D eigenvalue weighted by molar-refractivity contribution is 0.103. The third-order valence-electron chi connectivity index (χ3n) is 4.11. The molecule has 0 aliphatic heterocycles. The highest BCUT2D eigenvalue weighted by Gasteiger charge is 2.17. The van der Waals surface area contributed by atoms with Crippen molar-refractivity contribution in [2.75, 3.05) is 0 Å². The summed E-state index contributed by atoms with van der Waals surface area (Å²) >= 11 is 6.35. The summed E-state index contributed by atoms with van der Waals surface area (Å²) in [5.74, 6) is 0.262. The lowest BCUT2D eigenvalue weighted by atomic mass is 10.1. The van der Waals surface area contributed by atoms with E-state index in [0.29, 0.717) is 23.1 Å². The fourth-order valence-corrected chi connectivity index (χ4v) is 2.91. The van der Waals surface area contributed by atoms with Crippen molar-refractivity contribution in [3.05, 3.63) is 106 Å². The zero-order valence-electron chi connectivity index (χ0n) is 16.0. The van der Waals surface area contributed by atoms with Gasteiger partial charge in [0.2, 0.25) is 0 Å². The molecule has 0 saturated heterocycles. The Morgan fingerprint density at radius 3 is 1.93 bits per heavy atom. The van der Waals surface area contributed by atoms with Gasteiger partial charge in [-0.05, 0) is 24.1 Å². The number of aliphatic hydroxyl groups excluding tert-OH is 1. The van der Waals surface area contributed by atoms with Crippen LogP contribution in [0.5, 0.6) is 11.5 Å². The number of halogens is 1. The van der Waals surface area contributed by atoms with E-state index in [1.165, 1.54) is 13.0 Å². The molecule has 5 heteroatoms. The molecule has 29 heavy (non-hydrogen) atoms. The molecule has 3 aromatic rings. The van der Waals surface area contributed by atoms with E-state index < -0.39 is 5.78 Å². The zero-order valence-corrected chi connectivity index (χ0v) is 16.7. The maximum absolute atomic E-state index is 12.5. The first-order valence-corrected chi connectivity index (χ1v) is 9.49. The van der Waals surface area contributed by atoms with Crippen LogP contribution in [0.25, 0.3) is 0 Å². The third kappa shape index (κ3) is 5.87. The SMILES string of the molecule is CC(O)=CC(=O)c1cc(Cl)c(OCc2ccccc2)cc1OCc1ccccc1. The minimum atomic E-state index is -0.399. The van der Waals surface area contributed by atoms with E-state index in [-0.39, 0.29) is 17.9 Å². The van der Waals surface area contributed by atoms with Crippen LogP contribution in [0.4, 0.5) is 0 Å². The van der Waals surface area contributed by atoms with Crippen LogP contribution >= 0.6 is 11.6 Å². The van der Waals surface area contributed by atoms with Crippen LogP contribution in [-0.2, 0) is 13.2 Å². The van der Waals surface area contributed by atoms with Gasteiger partial charge in [-0.2, -0.15) is 0 Å². The van der Waals surface area contributed by atoms with Gasteiger partial charge >= 0.3 is 0 Å². The number of aliphatic hydroxyl groups is 1. The largest absolute Gasteiger partial charge is 0.512 e. The summed E-state index contributed by atoms with van der Waals surface area (Å²) in [4.78, 5) is 12.5. The van der Waals surface area contributed by atoms with E-state index in [9.17, 15) is 9.90 Å². The van der Waals surface area contributed by atoms with Crippen molar-refractivity contribution in [1.29, 1.82) is 0 Å². The van der Waals surface area contributed by atoms with Gasteiger partial charge in [0.25, 0.3) is 0 Å². The Morgan fingerprint density at radius 1 is 0.897 bits per heavy atom. The Bertz CT molecular complexity index is 994. The Hall–Kier alpha value is -3.24. The van der Waals surface area contributed by atoms with Crippen LogP contribution in [0.3, 0.4) is 0 Å². The summed E-state index contributed by atoms with van der Waals surface area (Å²) in [6.45, 7) is 2.05. The molecule has 3 rings (SSSR count). The van der Waals surface area contributed by atoms with Gasteiger partial charge < -0.3 is 14.6 Å². The van der Waals surface area contributed by atoms with Crippen molar-refractivity contribution in [1.82, 2.24) is 0 Å². The first kappa shape index (κ1) is 20.5. The van der Waals surface area contributed by atoms with Crippen molar-refractivity contribution < 1.29 is 19.4 Å². The number of ether oxygens (including phenoxy) is 2. The van der Waals surface area contributed by atoms with E-state index in [2.05, 4.69) is 0 Å². The van der Waals surface area contributed by atoms with E-state index in [0.717, 1.165) is 17.2 Å². The quantitative estimate of drug-likeness (QED) is 0.276. The van der Waals surface area contributed by atoms with Crippen molar-refractivity contribution in [3.63, 3.8) is 0 Å². The number of carbonyl (C=O) groups is 1. The predicted octanol–water partition coefficient (Wildman–Crippen LogP) is 6.14. The molecule has 0 aliphatic carbocycles. The molecule has 0 aliphatic rings. The number of carbonyl (C=O) groups excluding carboxylic acids is 1. The lowest BCUT2D eigenvalue weighted by Gasteiger charge is -2.15. The molecule has 0 spiro atoms. The number of ketones is 1. The van der Waals surface area contributed by atoms with Crippen molar-refractivity contribution in [2.24, 2.45) is 0 Å². The van der Waals surface area contributed by atoms with Crippen LogP contribution in [0.2, 0.25) is 5.02 Å². The highest BCUT2D eigenvalue weighted by molar-refractivity contribution is 6.32. The van der Waals surface area contributed by atoms with Crippen LogP contribution < -0.4 is 9.47 Å². The normalized spacial score (nSPS) is 11.2. The first-order chi connectivity index (χ1) is 14.0. The topological polar surface area (TPSA) is 55.8 Å². The minimum absolute atomic E-state index is 0.0930. The summed E-state index contributed by atoms with van der Waals surface area (Å²) in [6.07, 6.45) is 1.13. The van der Waals surface area contributed by atoms with Gasteiger partial charge in [0.15, 0.2) is 5.78 Å². The van der Waals surface area contributed by atoms with Gasteiger partial charge in [0, 0.05) is 12.1 Å². The van der Waals surface area contributed by atoms with Gasteiger partial charge in [-0.1, -0.05) is 72.3 Å². The van der Waals surface area contributed by atoms with Crippen LogP contribution in [0.15, 0.2) is 84.6 Å². The Kier molecular flexibility index (Phi) is 6.93. The van der Waals surface area contributed by atoms with Gasteiger partial charge in [0.05, 0.1) is 16.3 Å². The standard InChI is InChI=1S/C24H21ClO4/c1-17(26)12-22(27)20-13-21(25)24(29-16-19-10-6-3-7-11-19)14-23(20)28-15-18-8-4-2-5-9-18/h2-14,26H,15-16H2,1H3. The number of allylic oxidation sites excluding steroid dienone is 2. The fraction of sp³-hybridized carbons (Fsp3) is 0.125. The second kappa shape index (κ2) is 9.80. The third-order valence-corrected chi connectivity index (χ3v) is 4.41. The van der Waals surface area contributed by atoms with Gasteiger partial charge in [0.1, 0.15) is 24.7 Å². The van der Waals surface area contributed by atoms with Crippen LogP contribution in [-0.4, -0.2) is 10.9 Å². The smallest absolute Gasteiger partial charge is 0.192 e. The van der Waals surface area contributed by atoms with E-state index >= 15 is 0 Å². The number of rotatable bonds is 8. The molecule has 0 heterocycles. The number of hydrogen-bond acceptors (Lipinski definition) is 4. The molecule has 0 bridgehead atoms. The molecule has 1 N–H and O–H groups in total. The summed E-state index contributed by atoms with van der Waals surface area (Å²) in [6, 6.07) is 22.4. The van der Waals surface area contributed by atoms with Crippen molar-refractivity contribution in [2.45, 2.75) is 20.1 Å². The second-order valence-corrected chi connectivity index (χ2v) is 6.88. The summed E-state index contributed by atoms with van der Waals surface area (Å²) < 4.78 is 11.7. The van der Waals surface area contributed by atoms with Gasteiger partial charge in [-0.25, -0.2) is 0 Å². The molecule has 148 valence electrons. The molecule has 0 aromatic heterocycles. The summed E-state index contributed by atoms with van der Waals surface area (Å²) in [7, 11) is 0. The van der Waals surface area contributed by atoms with Crippen LogP contribution in [0, 0.1) is 0 Å². The first-order valence-electron chi connectivity index (χ1n) is 9.11. The zero-order chi connectivity index (χ0) is 20.6. The molecule has 0 atom stereocenters. The molecule has 0 fully saturated rings. The van der Waals surface area contributed by atoms with E-state index in [1.807, 2.05) is 60.7 Å².